The molecule has 0 bridgehead atoms. The van der Waals surface area contributed by atoms with Crippen LogP contribution in [0, 0.1) is 12.7 Å². The van der Waals surface area contributed by atoms with Gasteiger partial charge in [-0.1, -0.05) is 0 Å². The van der Waals surface area contributed by atoms with Gasteiger partial charge in [-0.2, -0.15) is 0 Å². The summed E-state index contributed by atoms with van der Waals surface area (Å²) in [5.74, 6) is -4.49. The number of hydrogen-bond acceptors (Lipinski definition) is 5. The first-order valence-corrected chi connectivity index (χ1v) is 9.88. The van der Waals surface area contributed by atoms with Gasteiger partial charge in [-0.05, 0) is 26.0 Å². The van der Waals surface area contributed by atoms with Gasteiger partial charge in [-0.15, -0.1) is 0 Å². The van der Waals surface area contributed by atoms with Crippen molar-refractivity contribution >= 4 is 11.6 Å². The highest BCUT2D eigenvalue weighted by molar-refractivity contribution is 5.93. The summed E-state index contributed by atoms with van der Waals surface area (Å²) < 4.78 is 77.0. The van der Waals surface area contributed by atoms with Crippen LogP contribution in [0.4, 0.5) is 22.0 Å². The van der Waals surface area contributed by atoms with Crippen LogP contribution in [-0.2, 0) is 0 Å². The third-order valence-corrected chi connectivity index (χ3v) is 5.14. The Labute approximate surface area is 184 Å². The number of carbonyl (C=O) groups is 1. The van der Waals surface area contributed by atoms with Crippen molar-refractivity contribution in [3.05, 3.63) is 47.8 Å². The van der Waals surface area contributed by atoms with Gasteiger partial charge in [0.05, 0.1) is 11.9 Å². The Morgan fingerprint density at radius 3 is 2.67 bits per heavy atom. The number of aryl methyl sites for hydroxylation is 1. The maximum absolute atomic E-state index is 13.5. The van der Waals surface area contributed by atoms with Gasteiger partial charge in [0, 0.05) is 30.6 Å². The van der Waals surface area contributed by atoms with Crippen molar-refractivity contribution in [2.75, 3.05) is 6.61 Å². The SMILES string of the molecule is Cc1c(Oc2ncc(F)cc2OCC(F)F)ccc2nc(C(=O)NC3(C)CC(F)(F)C3)cn12. The number of halogens is 5. The zero-order valence-electron chi connectivity index (χ0n) is 17.5. The van der Waals surface area contributed by atoms with E-state index < -0.39 is 49.1 Å². The lowest BCUT2D eigenvalue weighted by molar-refractivity contribution is -0.124. The first-order valence-electron chi connectivity index (χ1n) is 9.88. The van der Waals surface area contributed by atoms with Crippen molar-refractivity contribution < 1.29 is 36.2 Å². The van der Waals surface area contributed by atoms with Crippen LogP contribution in [0.15, 0.2) is 30.6 Å². The number of hydrogen-bond donors (Lipinski definition) is 1. The van der Waals surface area contributed by atoms with E-state index >= 15 is 0 Å². The Morgan fingerprint density at radius 2 is 2.00 bits per heavy atom. The molecule has 0 aromatic carbocycles. The molecule has 1 amide bonds. The minimum atomic E-state index is -2.80. The number of nitrogens with zero attached hydrogens (tertiary/aromatic N) is 3. The zero-order valence-corrected chi connectivity index (χ0v) is 17.5. The van der Waals surface area contributed by atoms with Crippen LogP contribution in [0.1, 0.15) is 35.9 Å². The summed E-state index contributed by atoms with van der Waals surface area (Å²) in [6.07, 6.45) is -1.40. The monoisotopic (exact) mass is 470 g/mol. The molecule has 0 unspecified atom stereocenters. The van der Waals surface area contributed by atoms with Gasteiger partial charge in [0.1, 0.15) is 29.5 Å². The second-order valence-corrected chi connectivity index (χ2v) is 8.12. The van der Waals surface area contributed by atoms with Crippen molar-refractivity contribution in [2.24, 2.45) is 0 Å². The Hall–Kier alpha value is -3.44. The standard InChI is InChI=1S/C21H19F5N4O3/c1-11-14(33-19-15(32-8-16(23)24)5-12(22)6-27-19)3-4-17-28-13(7-30(11)17)18(31)29-20(2)9-21(25,26)10-20/h3-7,16H,8-10H2,1-2H3,(H,29,31). The fraction of sp³-hybridized carbons (Fsp3) is 0.381. The average Bonchev–Trinajstić information content (AvgIpc) is 3.13. The second-order valence-electron chi connectivity index (χ2n) is 8.12. The van der Waals surface area contributed by atoms with E-state index in [1.165, 1.54) is 22.7 Å². The first kappa shape index (κ1) is 22.7. The molecular weight excluding hydrogens is 451 g/mol. The lowest BCUT2D eigenvalue weighted by Crippen LogP contribution is -2.60. The molecule has 3 aromatic rings. The van der Waals surface area contributed by atoms with E-state index in [1.807, 2.05) is 0 Å². The number of imidazole rings is 1. The molecule has 3 heterocycles. The van der Waals surface area contributed by atoms with Crippen molar-refractivity contribution in [3.8, 4) is 17.4 Å². The van der Waals surface area contributed by atoms with Crippen LogP contribution < -0.4 is 14.8 Å². The Bertz CT molecular complexity index is 1210. The lowest BCUT2D eigenvalue weighted by Gasteiger charge is -2.45. The molecule has 0 saturated heterocycles. The number of alkyl halides is 4. The van der Waals surface area contributed by atoms with Crippen LogP contribution in [0.2, 0.25) is 0 Å². The Kier molecular flexibility index (Phi) is 5.62. The number of fused-ring (bicyclic) bond motifs is 1. The molecule has 1 fully saturated rings. The van der Waals surface area contributed by atoms with Crippen LogP contribution in [0.5, 0.6) is 17.4 Å². The summed E-state index contributed by atoms with van der Waals surface area (Å²) in [5, 5.41) is 2.59. The normalized spacial score (nSPS) is 16.5. The number of pyridine rings is 2. The van der Waals surface area contributed by atoms with E-state index in [4.69, 9.17) is 9.47 Å². The van der Waals surface area contributed by atoms with E-state index in [2.05, 4.69) is 15.3 Å². The predicted octanol–water partition coefficient (Wildman–Crippen LogP) is 4.53. The third kappa shape index (κ3) is 4.83. The number of rotatable bonds is 7. The van der Waals surface area contributed by atoms with Crippen LogP contribution >= 0.6 is 0 Å². The highest BCUT2D eigenvalue weighted by atomic mass is 19.3. The van der Waals surface area contributed by atoms with Crippen LogP contribution in [0.25, 0.3) is 5.65 Å². The molecule has 1 aliphatic rings. The number of aromatic nitrogens is 3. The van der Waals surface area contributed by atoms with E-state index in [0.717, 1.165) is 12.3 Å². The maximum atomic E-state index is 13.5. The molecule has 176 valence electrons. The van der Waals surface area contributed by atoms with Gasteiger partial charge in [0.15, 0.2) is 5.75 Å². The highest BCUT2D eigenvalue weighted by Gasteiger charge is 2.54. The minimum Gasteiger partial charge on any atom is -0.482 e. The van der Waals surface area contributed by atoms with Gasteiger partial charge >= 0.3 is 0 Å². The molecule has 4 rings (SSSR count). The zero-order chi connectivity index (χ0) is 24.0. The molecule has 0 atom stereocenters. The van der Waals surface area contributed by atoms with E-state index in [0.29, 0.717) is 11.3 Å². The van der Waals surface area contributed by atoms with E-state index in [1.54, 1.807) is 13.8 Å². The van der Waals surface area contributed by atoms with Crippen molar-refractivity contribution in [3.63, 3.8) is 0 Å². The van der Waals surface area contributed by atoms with Crippen molar-refractivity contribution in [1.82, 2.24) is 19.7 Å². The molecule has 0 aliphatic heterocycles. The summed E-state index contributed by atoms with van der Waals surface area (Å²) >= 11 is 0. The lowest BCUT2D eigenvalue weighted by atomic mass is 9.75. The van der Waals surface area contributed by atoms with Gasteiger partial charge in [0.2, 0.25) is 0 Å². The van der Waals surface area contributed by atoms with Gasteiger partial charge in [-0.25, -0.2) is 31.9 Å². The van der Waals surface area contributed by atoms with E-state index in [9.17, 15) is 26.7 Å². The molecule has 12 heteroatoms. The number of ether oxygens (including phenoxy) is 2. The topological polar surface area (TPSA) is 77.8 Å². The summed E-state index contributed by atoms with van der Waals surface area (Å²) in [4.78, 5) is 20.5. The van der Waals surface area contributed by atoms with Crippen LogP contribution in [-0.4, -0.2) is 44.8 Å². The van der Waals surface area contributed by atoms with Crippen LogP contribution in [0.3, 0.4) is 0 Å². The number of carbonyl (C=O) groups excluding carboxylic acids is 1. The van der Waals surface area contributed by atoms with E-state index in [-0.39, 0.29) is 23.1 Å². The smallest absolute Gasteiger partial charge is 0.272 e. The summed E-state index contributed by atoms with van der Waals surface area (Å²) in [6.45, 7) is 2.21. The summed E-state index contributed by atoms with van der Waals surface area (Å²) in [5.41, 5.74) is -0.142. The largest absolute Gasteiger partial charge is 0.482 e. The molecule has 0 spiro atoms. The molecule has 33 heavy (non-hydrogen) atoms. The average molecular weight is 470 g/mol. The Morgan fingerprint density at radius 1 is 1.27 bits per heavy atom. The molecule has 7 nitrogen and oxygen atoms in total. The third-order valence-electron chi connectivity index (χ3n) is 5.14. The number of nitrogens with one attached hydrogen (secondary N) is 1. The van der Waals surface area contributed by atoms with Crippen molar-refractivity contribution in [2.45, 2.75) is 44.6 Å². The molecule has 3 aromatic heterocycles. The quantitative estimate of drug-likeness (QED) is 0.514. The first-order chi connectivity index (χ1) is 15.4. The Balaban J connectivity index is 1.56. The van der Waals surface area contributed by atoms with Gasteiger partial charge in [-0.3, -0.25) is 9.20 Å². The fourth-order valence-electron chi connectivity index (χ4n) is 3.75. The van der Waals surface area contributed by atoms with Gasteiger partial charge in [0.25, 0.3) is 24.1 Å². The molecule has 1 N–H and O–H groups in total. The molecule has 1 aliphatic carbocycles. The molecule has 1 saturated carbocycles. The summed E-state index contributed by atoms with van der Waals surface area (Å²) in [7, 11) is 0. The predicted molar refractivity (Wildman–Crippen MR) is 106 cm³/mol. The molecule has 0 radical (unpaired) electrons. The van der Waals surface area contributed by atoms with Crippen molar-refractivity contribution in [1.29, 1.82) is 0 Å². The highest BCUT2D eigenvalue weighted by Crippen LogP contribution is 2.45. The summed E-state index contributed by atoms with van der Waals surface area (Å²) in [6, 6.07) is 3.92. The second kappa shape index (κ2) is 8.16. The maximum Gasteiger partial charge on any atom is 0.272 e. The minimum absolute atomic E-state index is 0.0209. The van der Waals surface area contributed by atoms with Gasteiger partial charge < -0.3 is 14.8 Å². The number of amides is 1. The molecular formula is C21H19F5N4O3. The fourth-order valence-corrected chi connectivity index (χ4v) is 3.75.